The number of rotatable bonds is 2. The Morgan fingerprint density at radius 2 is 2.07 bits per heavy atom. The molecule has 4 heteroatoms. The number of alkyl halides is 1. The number of hydrogen-bond acceptors (Lipinski definition) is 3. The Kier molecular flexibility index (Phi) is 3.10. The second-order valence-electron chi connectivity index (χ2n) is 4.22. The molecule has 0 radical (unpaired) electrons. The van der Waals surface area contributed by atoms with Gasteiger partial charge in [-0.05, 0) is 19.3 Å². The van der Waals surface area contributed by atoms with Gasteiger partial charge in [0.15, 0.2) is 0 Å². The van der Waals surface area contributed by atoms with Crippen LogP contribution in [0.5, 0.6) is 0 Å². The van der Waals surface area contributed by atoms with Crippen LogP contribution in [0.15, 0.2) is 12.4 Å². The molecule has 2 rings (SSSR count). The van der Waals surface area contributed by atoms with Crippen molar-refractivity contribution < 1.29 is 0 Å². The van der Waals surface area contributed by atoms with Gasteiger partial charge in [-0.3, -0.25) is 0 Å². The van der Waals surface area contributed by atoms with E-state index in [0.29, 0.717) is 11.9 Å². The summed E-state index contributed by atoms with van der Waals surface area (Å²) in [5, 5.41) is 0. The van der Waals surface area contributed by atoms with Crippen molar-refractivity contribution in [2.75, 3.05) is 11.4 Å². The zero-order valence-electron chi connectivity index (χ0n) is 9.15. The number of hydrogen-bond donors (Lipinski definition) is 0. The van der Waals surface area contributed by atoms with Gasteiger partial charge in [0.25, 0.3) is 0 Å². The van der Waals surface area contributed by atoms with E-state index < -0.39 is 0 Å². The van der Waals surface area contributed by atoms with Crippen molar-refractivity contribution in [1.29, 1.82) is 0 Å². The summed E-state index contributed by atoms with van der Waals surface area (Å²) in [4.78, 5) is 11.0. The molecular formula is C11H16ClN3. The lowest BCUT2D eigenvalue weighted by Crippen LogP contribution is -2.30. The van der Waals surface area contributed by atoms with Gasteiger partial charge >= 0.3 is 0 Å². The van der Waals surface area contributed by atoms with Crippen molar-refractivity contribution in [2.24, 2.45) is 5.92 Å². The molecule has 1 saturated heterocycles. The molecule has 1 aromatic rings. The molecule has 1 fully saturated rings. The van der Waals surface area contributed by atoms with Crippen LogP contribution >= 0.6 is 11.6 Å². The summed E-state index contributed by atoms with van der Waals surface area (Å²) < 4.78 is 0. The fourth-order valence-electron chi connectivity index (χ4n) is 1.94. The molecule has 1 aliphatic heterocycles. The molecule has 82 valence electrons. The van der Waals surface area contributed by atoms with Crippen LogP contribution in [0.25, 0.3) is 0 Å². The zero-order chi connectivity index (χ0) is 10.8. The van der Waals surface area contributed by atoms with Crippen LogP contribution in [0.2, 0.25) is 0 Å². The Balaban J connectivity index is 2.16. The molecule has 0 amide bonds. The van der Waals surface area contributed by atoms with Crippen LogP contribution < -0.4 is 4.90 Å². The normalized spacial score (nSPS) is 25.9. The number of anilines is 1. The maximum Gasteiger partial charge on any atom is 0.225 e. The second kappa shape index (κ2) is 4.35. The third-order valence-corrected chi connectivity index (χ3v) is 3.55. The van der Waals surface area contributed by atoms with E-state index in [0.717, 1.165) is 24.0 Å². The zero-order valence-corrected chi connectivity index (χ0v) is 9.91. The van der Waals surface area contributed by atoms with Crippen LogP contribution in [0.3, 0.4) is 0 Å². The van der Waals surface area contributed by atoms with Gasteiger partial charge in [0.2, 0.25) is 5.95 Å². The largest absolute Gasteiger partial charge is 0.338 e. The van der Waals surface area contributed by atoms with Crippen molar-refractivity contribution >= 4 is 17.5 Å². The van der Waals surface area contributed by atoms with Gasteiger partial charge in [0.05, 0.1) is 5.88 Å². The van der Waals surface area contributed by atoms with Crippen molar-refractivity contribution in [1.82, 2.24) is 9.97 Å². The molecule has 3 nitrogen and oxygen atoms in total. The molecule has 0 aliphatic carbocycles. The van der Waals surface area contributed by atoms with Crippen molar-refractivity contribution in [3.63, 3.8) is 0 Å². The average Bonchev–Trinajstić information content (AvgIpc) is 2.60. The Morgan fingerprint density at radius 1 is 1.40 bits per heavy atom. The summed E-state index contributed by atoms with van der Waals surface area (Å²) in [6.07, 6.45) is 4.85. The van der Waals surface area contributed by atoms with E-state index >= 15 is 0 Å². The predicted molar refractivity (Wildman–Crippen MR) is 62.2 cm³/mol. The lowest BCUT2D eigenvalue weighted by molar-refractivity contribution is 0.542. The molecule has 0 N–H and O–H groups in total. The molecule has 2 unspecified atom stereocenters. The van der Waals surface area contributed by atoms with Crippen molar-refractivity contribution in [3.8, 4) is 0 Å². The van der Waals surface area contributed by atoms with E-state index in [1.54, 1.807) is 0 Å². The molecule has 15 heavy (non-hydrogen) atoms. The van der Waals surface area contributed by atoms with E-state index in [-0.39, 0.29) is 0 Å². The first-order valence-electron chi connectivity index (χ1n) is 5.36. The smallest absolute Gasteiger partial charge is 0.225 e. The van der Waals surface area contributed by atoms with E-state index in [4.69, 9.17) is 11.6 Å². The Bertz CT molecular complexity index is 325. The molecule has 2 atom stereocenters. The quantitative estimate of drug-likeness (QED) is 0.724. The lowest BCUT2D eigenvalue weighted by Gasteiger charge is -2.23. The highest BCUT2D eigenvalue weighted by Crippen LogP contribution is 2.26. The minimum atomic E-state index is 0.478. The third kappa shape index (κ3) is 2.07. The van der Waals surface area contributed by atoms with Crippen molar-refractivity contribution in [3.05, 3.63) is 18.0 Å². The molecule has 0 aromatic carbocycles. The molecule has 0 bridgehead atoms. The fourth-order valence-corrected chi connectivity index (χ4v) is 2.08. The van der Waals surface area contributed by atoms with Gasteiger partial charge in [-0.1, -0.05) is 6.92 Å². The minimum absolute atomic E-state index is 0.478. The fraction of sp³-hybridized carbons (Fsp3) is 0.636. The molecule has 1 aromatic heterocycles. The monoisotopic (exact) mass is 225 g/mol. The molecule has 0 spiro atoms. The van der Waals surface area contributed by atoms with Crippen LogP contribution in [0.1, 0.15) is 25.8 Å². The van der Waals surface area contributed by atoms with Crippen molar-refractivity contribution in [2.45, 2.75) is 32.2 Å². The highest BCUT2D eigenvalue weighted by Gasteiger charge is 2.28. The Morgan fingerprint density at radius 3 is 2.53 bits per heavy atom. The molecule has 2 heterocycles. The predicted octanol–water partition coefficient (Wildman–Crippen LogP) is 2.45. The third-order valence-electron chi connectivity index (χ3n) is 3.24. The SMILES string of the molecule is CC1CCN(c2ncc(CCl)cn2)C1C. The van der Waals surface area contributed by atoms with Crippen LogP contribution in [0, 0.1) is 5.92 Å². The Labute approximate surface area is 95.5 Å². The van der Waals surface area contributed by atoms with Gasteiger partial charge < -0.3 is 4.90 Å². The second-order valence-corrected chi connectivity index (χ2v) is 4.49. The van der Waals surface area contributed by atoms with E-state index in [1.807, 2.05) is 12.4 Å². The summed E-state index contributed by atoms with van der Waals surface area (Å²) in [7, 11) is 0. The molecule has 0 saturated carbocycles. The highest BCUT2D eigenvalue weighted by molar-refractivity contribution is 6.17. The highest BCUT2D eigenvalue weighted by atomic mass is 35.5. The average molecular weight is 226 g/mol. The van der Waals surface area contributed by atoms with Gasteiger partial charge in [0, 0.05) is 30.5 Å². The standard InChI is InChI=1S/C11H16ClN3/c1-8-3-4-15(9(8)2)11-13-6-10(5-12)7-14-11/h6-9H,3-5H2,1-2H3. The van der Waals surface area contributed by atoms with E-state index in [9.17, 15) is 0 Å². The van der Waals surface area contributed by atoms with Gasteiger partial charge in [-0.2, -0.15) is 0 Å². The maximum absolute atomic E-state index is 5.70. The van der Waals surface area contributed by atoms with E-state index in [2.05, 4.69) is 28.7 Å². The van der Waals surface area contributed by atoms with E-state index in [1.165, 1.54) is 6.42 Å². The summed E-state index contributed by atoms with van der Waals surface area (Å²) >= 11 is 5.70. The summed E-state index contributed by atoms with van der Waals surface area (Å²) in [5.41, 5.74) is 0.973. The number of halogens is 1. The first-order valence-corrected chi connectivity index (χ1v) is 5.89. The lowest BCUT2D eigenvalue weighted by atomic mass is 10.1. The van der Waals surface area contributed by atoms with Gasteiger partial charge in [-0.15, -0.1) is 11.6 Å². The first kappa shape index (κ1) is 10.7. The molecular weight excluding hydrogens is 210 g/mol. The van der Waals surface area contributed by atoms with Crippen LogP contribution in [-0.2, 0) is 5.88 Å². The minimum Gasteiger partial charge on any atom is -0.338 e. The van der Waals surface area contributed by atoms with Gasteiger partial charge in [0.1, 0.15) is 0 Å². The number of aromatic nitrogens is 2. The Hall–Kier alpha value is -0.830. The summed E-state index contributed by atoms with van der Waals surface area (Å²) in [6.45, 7) is 5.57. The van der Waals surface area contributed by atoms with Crippen LogP contribution in [-0.4, -0.2) is 22.6 Å². The van der Waals surface area contributed by atoms with Crippen LogP contribution in [0.4, 0.5) is 5.95 Å². The number of nitrogens with zero attached hydrogens (tertiary/aromatic N) is 3. The summed E-state index contributed by atoms with van der Waals surface area (Å²) in [5.74, 6) is 2.04. The topological polar surface area (TPSA) is 29.0 Å². The first-order chi connectivity index (χ1) is 7.22. The maximum atomic E-state index is 5.70. The van der Waals surface area contributed by atoms with Gasteiger partial charge in [-0.25, -0.2) is 9.97 Å². The summed E-state index contributed by atoms with van der Waals surface area (Å²) in [6, 6.07) is 0.534. The molecule has 1 aliphatic rings.